The van der Waals surface area contributed by atoms with Crippen LogP contribution in [0, 0.1) is 0 Å². The zero-order chi connectivity index (χ0) is 24.5. The summed E-state index contributed by atoms with van der Waals surface area (Å²) in [6.07, 6.45) is -1.34. The average Bonchev–Trinajstić information content (AvgIpc) is 3.07. The highest BCUT2D eigenvalue weighted by Crippen LogP contribution is 2.34. The van der Waals surface area contributed by atoms with Crippen LogP contribution in [-0.2, 0) is 19.3 Å². The Balaban J connectivity index is 1.71. The van der Waals surface area contributed by atoms with Crippen LogP contribution in [-0.4, -0.2) is 28.3 Å². The Kier molecular flexibility index (Phi) is 6.58. The molecule has 34 heavy (non-hydrogen) atoms. The van der Waals surface area contributed by atoms with Crippen LogP contribution in [0.2, 0.25) is 0 Å². The predicted octanol–water partition coefficient (Wildman–Crippen LogP) is 5.50. The van der Waals surface area contributed by atoms with Gasteiger partial charge in [0.05, 0.1) is 28.0 Å². The lowest BCUT2D eigenvalue weighted by molar-refractivity contribution is -0.137. The summed E-state index contributed by atoms with van der Waals surface area (Å²) in [7, 11) is 0. The molecule has 0 saturated carbocycles. The van der Waals surface area contributed by atoms with Gasteiger partial charge >= 0.3 is 17.9 Å². The van der Waals surface area contributed by atoms with Crippen molar-refractivity contribution in [3.8, 4) is 0 Å². The van der Waals surface area contributed by atoms with Gasteiger partial charge in [-0.1, -0.05) is 6.07 Å². The van der Waals surface area contributed by atoms with E-state index in [9.17, 15) is 22.8 Å². The van der Waals surface area contributed by atoms with E-state index >= 15 is 0 Å². The maximum absolute atomic E-state index is 13.0. The molecule has 1 fully saturated rings. The van der Waals surface area contributed by atoms with Gasteiger partial charge in [-0.15, -0.1) is 0 Å². The van der Waals surface area contributed by atoms with Crippen molar-refractivity contribution < 1.29 is 18.0 Å². The van der Waals surface area contributed by atoms with E-state index in [0.29, 0.717) is 24.3 Å². The lowest BCUT2D eigenvalue weighted by Crippen LogP contribution is -2.31. The summed E-state index contributed by atoms with van der Waals surface area (Å²) in [5, 5.41) is 5.30. The van der Waals surface area contributed by atoms with Crippen molar-refractivity contribution in [3.63, 3.8) is 0 Å². The van der Waals surface area contributed by atoms with E-state index in [-0.39, 0.29) is 11.4 Å². The molecule has 1 aliphatic rings. The van der Waals surface area contributed by atoms with Crippen molar-refractivity contribution in [2.45, 2.75) is 52.4 Å². The minimum atomic E-state index is -4.50. The molecule has 2 aromatic carbocycles. The molecule has 0 atom stereocenters. The molecule has 10 heteroatoms. The number of nitrogens with zero attached hydrogens (tertiary/aromatic N) is 3. The first kappa shape index (κ1) is 23.7. The molecule has 7 nitrogen and oxygen atoms in total. The fourth-order valence-corrected chi connectivity index (χ4v) is 4.52. The zero-order valence-corrected chi connectivity index (χ0v) is 19.2. The van der Waals surface area contributed by atoms with Gasteiger partial charge in [0.1, 0.15) is 0 Å². The number of aromatic nitrogens is 2. The van der Waals surface area contributed by atoms with Crippen LogP contribution < -0.4 is 21.2 Å². The molecule has 1 aromatic heterocycles. The Morgan fingerprint density at radius 3 is 2.21 bits per heavy atom. The van der Waals surface area contributed by atoms with Gasteiger partial charge in [0.15, 0.2) is 0 Å². The number of hydrogen-bond donors (Lipinski definition) is 2. The summed E-state index contributed by atoms with van der Waals surface area (Å²) in [5.41, 5.74) is 1.87. The number of piperidine rings is 1. The first-order valence-electron chi connectivity index (χ1n) is 11.5. The lowest BCUT2D eigenvalue weighted by atomic mass is 10.1. The van der Waals surface area contributed by atoms with Crippen LogP contribution in [0.4, 0.5) is 35.0 Å². The van der Waals surface area contributed by atoms with Crippen molar-refractivity contribution in [1.82, 2.24) is 9.13 Å². The number of hydrogen-bond acceptors (Lipinski definition) is 3. The third-order valence-corrected chi connectivity index (χ3v) is 6.16. The molecule has 0 aliphatic carbocycles. The van der Waals surface area contributed by atoms with Gasteiger partial charge in [0.25, 0.3) is 0 Å². The van der Waals surface area contributed by atoms with E-state index < -0.39 is 17.8 Å². The number of alkyl halides is 3. The highest BCUT2D eigenvalue weighted by Gasteiger charge is 2.30. The Morgan fingerprint density at radius 1 is 0.941 bits per heavy atom. The molecule has 0 bridgehead atoms. The number of carbonyl (C=O) groups is 1. The molecule has 1 aliphatic heterocycles. The first-order valence-corrected chi connectivity index (χ1v) is 11.5. The number of halogens is 3. The molecule has 1 saturated heterocycles. The van der Waals surface area contributed by atoms with E-state index in [4.69, 9.17) is 0 Å². The lowest BCUT2D eigenvalue weighted by Gasteiger charge is -2.31. The Morgan fingerprint density at radius 2 is 1.59 bits per heavy atom. The van der Waals surface area contributed by atoms with E-state index in [1.165, 1.54) is 12.1 Å². The SMILES string of the molecule is CCn1c(=O)n(CC)c2cc(N3CCCCC3)c(NC(=O)Nc3cccc(C(F)(F)F)c3)cc21. The highest BCUT2D eigenvalue weighted by atomic mass is 19.4. The summed E-state index contributed by atoms with van der Waals surface area (Å²) >= 11 is 0. The molecular weight excluding hydrogens is 447 g/mol. The normalized spacial score (nSPS) is 14.4. The van der Waals surface area contributed by atoms with Crippen LogP contribution in [0.1, 0.15) is 38.7 Å². The van der Waals surface area contributed by atoms with Gasteiger partial charge in [-0.2, -0.15) is 13.2 Å². The minimum Gasteiger partial charge on any atom is -0.370 e. The fraction of sp³-hybridized carbons (Fsp3) is 0.417. The van der Waals surface area contributed by atoms with Gasteiger partial charge in [-0.3, -0.25) is 9.13 Å². The molecule has 0 radical (unpaired) electrons. The summed E-state index contributed by atoms with van der Waals surface area (Å²) in [6.45, 7) is 6.43. The maximum Gasteiger partial charge on any atom is 0.416 e. The summed E-state index contributed by atoms with van der Waals surface area (Å²) in [5.74, 6) is 0. The van der Waals surface area contributed by atoms with Crippen molar-refractivity contribution >= 4 is 34.1 Å². The molecule has 0 spiro atoms. The largest absolute Gasteiger partial charge is 0.416 e. The third-order valence-electron chi connectivity index (χ3n) is 6.16. The number of amides is 2. The molecule has 2 N–H and O–H groups in total. The molecule has 0 unspecified atom stereocenters. The zero-order valence-electron chi connectivity index (χ0n) is 19.2. The smallest absolute Gasteiger partial charge is 0.370 e. The molecule has 3 aromatic rings. The van der Waals surface area contributed by atoms with Crippen LogP contribution >= 0.6 is 0 Å². The standard InChI is InChI=1S/C24H28F3N5O2/c1-3-31-20-14-18(29-22(33)28-17-10-8-9-16(13-17)24(25,26)27)19(30-11-6-5-7-12-30)15-21(20)32(4-2)23(31)34/h8-10,13-15H,3-7,11-12H2,1-2H3,(H2,28,29,33). The van der Waals surface area contributed by atoms with Gasteiger partial charge in [-0.25, -0.2) is 9.59 Å². The topological polar surface area (TPSA) is 71.3 Å². The second kappa shape index (κ2) is 9.44. The summed E-state index contributed by atoms with van der Waals surface area (Å²) < 4.78 is 42.4. The van der Waals surface area contributed by atoms with Gasteiger partial charge in [-0.05, 0) is 63.4 Å². The number of rotatable bonds is 5. The monoisotopic (exact) mass is 475 g/mol. The molecule has 182 valence electrons. The van der Waals surface area contributed by atoms with E-state index in [1.54, 1.807) is 15.2 Å². The summed E-state index contributed by atoms with van der Waals surface area (Å²) in [4.78, 5) is 27.8. The van der Waals surface area contributed by atoms with Crippen molar-refractivity contribution in [1.29, 1.82) is 0 Å². The highest BCUT2D eigenvalue weighted by molar-refractivity contribution is 6.04. The van der Waals surface area contributed by atoms with Crippen molar-refractivity contribution in [3.05, 3.63) is 52.4 Å². The minimum absolute atomic E-state index is 0.0375. The van der Waals surface area contributed by atoms with Crippen LogP contribution in [0.5, 0.6) is 0 Å². The Labute approximate surface area is 195 Å². The third kappa shape index (κ3) is 4.62. The number of nitrogens with one attached hydrogen (secondary N) is 2. The number of fused-ring (bicyclic) bond motifs is 1. The van der Waals surface area contributed by atoms with Crippen LogP contribution in [0.15, 0.2) is 41.2 Å². The van der Waals surface area contributed by atoms with Gasteiger partial charge in [0.2, 0.25) is 0 Å². The fourth-order valence-electron chi connectivity index (χ4n) is 4.52. The number of anilines is 3. The Hall–Kier alpha value is -3.43. The number of benzene rings is 2. The van der Waals surface area contributed by atoms with Crippen LogP contribution in [0.25, 0.3) is 11.0 Å². The first-order chi connectivity index (χ1) is 16.2. The van der Waals surface area contributed by atoms with E-state index in [2.05, 4.69) is 15.5 Å². The predicted molar refractivity (Wildman–Crippen MR) is 128 cm³/mol. The average molecular weight is 476 g/mol. The second-order valence-corrected chi connectivity index (χ2v) is 8.33. The molecule has 2 amide bonds. The van der Waals surface area contributed by atoms with Gasteiger partial charge in [0, 0.05) is 31.9 Å². The quantitative estimate of drug-likeness (QED) is 0.512. The van der Waals surface area contributed by atoms with E-state index in [1.807, 2.05) is 19.9 Å². The number of carbonyl (C=O) groups excluding carboxylic acids is 1. The molecular formula is C24H28F3N5O2. The van der Waals surface area contributed by atoms with Crippen molar-refractivity contribution in [2.24, 2.45) is 0 Å². The number of urea groups is 1. The second-order valence-electron chi connectivity index (χ2n) is 8.33. The van der Waals surface area contributed by atoms with Crippen LogP contribution in [0.3, 0.4) is 0 Å². The van der Waals surface area contributed by atoms with Crippen molar-refractivity contribution in [2.75, 3.05) is 28.6 Å². The number of imidazole rings is 1. The molecule has 4 rings (SSSR count). The maximum atomic E-state index is 13.0. The number of aryl methyl sites for hydroxylation is 2. The molecule has 2 heterocycles. The summed E-state index contributed by atoms with van der Waals surface area (Å²) in [6, 6.07) is 7.55. The van der Waals surface area contributed by atoms with E-state index in [0.717, 1.165) is 55.7 Å². The Bertz CT molecular complexity index is 1260. The van der Waals surface area contributed by atoms with Gasteiger partial charge < -0.3 is 15.5 Å².